The van der Waals surface area contributed by atoms with E-state index in [-0.39, 0.29) is 18.7 Å². The van der Waals surface area contributed by atoms with Crippen molar-refractivity contribution in [3.63, 3.8) is 0 Å². The van der Waals surface area contributed by atoms with E-state index in [9.17, 15) is 5.11 Å². The molecule has 19 heavy (non-hydrogen) atoms. The maximum Gasteiger partial charge on any atom is 0.0602 e. The molecule has 0 spiro atoms. The highest BCUT2D eigenvalue weighted by atomic mass is 16.3. The summed E-state index contributed by atoms with van der Waals surface area (Å²) in [6.45, 7) is 10.1. The second kappa shape index (κ2) is 8.23. The number of rotatable bonds is 8. The third-order valence-corrected chi connectivity index (χ3v) is 4.59. The van der Waals surface area contributed by atoms with Crippen LogP contribution in [0.3, 0.4) is 0 Å². The molecule has 0 radical (unpaired) electrons. The molecule has 0 aromatic rings. The van der Waals surface area contributed by atoms with E-state index in [2.05, 4.69) is 32.6 Å². The molecule has 3 nitrogen and oxygen atoms in total. The Bertz CT molecular complexity index is 237. The Morgan fingerprint density at radius 2 is 1.74 bits per heavy atom. The summed E-state index contributed by atoms with van der Waals surface area (Å²) in [7, 11) is 0. The number of nitrogens with two attached hydrogens (primary N) is 1. The summed E-state index contributed by atoms with van der Waals surface area (Å²) in [6.07, 6.45) is 6.41. The normalized spacial score (nSPS) is 20.7. The second-order valence-electron chi connectivity index (χ2n) is 6.93. The van der Waals surface area contributed by atoms with Gasteiger partial charge in [0.15, 0.2) is 0 Å². The van der Waals surface area contributed by atoms with E-state index in [1.165, 1.54) is 32.1 Å². The molecule has 2 atom stereocenters. The van der Waals surface area contributed by atoms with Gasteiger partial charge < -0.3 is 10.8 Å². The molecule has 0 aromatic carbocycles. The Hall–Kier alpha value is -0.120. The van der Waals surface area contributed by atoms with Crippen molar-refractivity contribution in [2.24, 2.45) is 17.6 Å². The molecule has 1 aliphatic carbocycles. The maximum absolute atomic E-state index is 9.82. The lowest BCUT2D eigenvalue weighted by Gasteiger charge is -2.40. The van der Waals surface area contributed by atoms with Crippen molar-refractivity contribution in [1.82, 2.24) is 4.90 Å². The van der Waals surface area contributed by atoms with Crippen LogP contribution in [0.5, 0.6) is 0 Å². The zero-order valence-corrected chi connectivity index (χ0v) is 13.3. The fraction of sp³-hybridized carbons (Fsp3) is 1.00. The van der Waals surface area contributed by atoms with E-state index in [0.29, 0.717) is 17.9 Å². The molecule has 1 rings (SSSR count). The van der Waals surface area contributed by atoms with Gasteiger partial charge in [0, 0.05) is 18.1 Å². The Balaban J connectivity index is 2.73. The summed E-state index contributed by atoms with van der Waals surface area (Å²) in [5.41, 5.74) is 6.34. The van der Waals surface area contributed by atoms with Crippen LogP contribution in [0.2, 0.25) is 0 Å². The fourth-order valence-electron chi connectivity index (χ4n) is 3.15. The fourth-order valence-corrected chi connectivity index (χ4v) is 3.15. The summed E-state index contributed by atoms with van der Waals surface area (Å²) >= 11 is 0. The Kier molecular flexibility index (Phi) is 7.33. The molecule has 0 bridgehead atoms. The molecule has 0 aliphatic heterocycles. The molecule has 114 valence electrons. The van der Waals surface area contributed by atoms with E-state index in [4.69, 9.17) is 5.73 Å². The number of nitrogens with zero attached hydrogens (tertiary/aromatic N) is 1. The van der Waals surface area contributed by atoms with Gasteiger partial charge in [0.25, 0.3) is 0 Å². The lowest BCUT2D eigenvalue weighted by Crippen LogP contribution is -2.55. The first kappa shape index (κ1) is 16.9. The Morgan fingerprint density at radius 3 is 2.16 bits per heavy atom. The lowest BCUT2D eigenvalue weighted by molar-refractivity contribution is 0.0542. The highest BCUT2D eigenvalue weighted by Gasteiger charge is 2.32. The van der Waals surface area contributed by atoms with E-state index >= 15 is 0 Å². The molecule has 1 saturated carbocycles. The molecule has 0 saturated heterocycles. The SMILES string of the molecule is CC(C)CCN(C1CCCC1)C(CO)C(N)C(C)C. The standard InChI is InChI=1S/C16H34N2O/c1-12(2)9-10-18(14-7-5-6-8-14)15(11-19)16(17)13(3)4/h12-16,19H,5-11,17H2,1-4H3. The number of hydrogen-bond acceptors (Lipinski definition) is 3. The van der Waals surface area contributed by atoms with Crippen LogP contribution in [0, 0.1) is 11.8 Å². The second-order valence-corrected chi connectivity index (χ2v) is 6.93. The van der Waals surface area contributed by atoms with E-state index in [1.54, 1.807) is 0 Å². The van der Waals surface area contributed by atoms with Crippen molar-refractivity contribution >= 4 is 0 Å². The highest BCUT2D eigenvalue weighted by Crippen LogP contribution is 2.27. The van der Waals surface area contributed by atoms with Gasteiger partial charge in [-0.15, -0.1) is 0 Å². The Labute approximate surface area is 119 Å². The first-order chi connectivity index (χ1) is 8.97. The first-order valence-electron chi connectivity index (χ1n) is 8.09. The van der Waals surface area contributed by atoms with E-state index in [1.807, 2.05) is 0 Å². The van der Waals surface area contributed by atoms with Gasteiger partial charge in [0.1, 0.15) is 0 Å². The van der Waals surface area contributed by atoms with Gasteiger partial charge in [-0.2, -0.15) is 0 Å². The van der Waals surface area contributed by atoms with Crippen molar-refractivity contribution < 1.29 is 5.11 Å². The van der Waals surface area contributed by atoms with Crippen molar-refractivity contribution in [2.45, 2.75) is 77.9 Å². The van der Waals surface area contributed by atoms with Crippen molar-refractivity contribution in [3.8, 4) is 0 Å². The van der Waals surface area contributed by atoms with E-state index in [0.717, 1.165) is 6.54 Å². The van der Waals surface area contributed by atoms with Crippen LogP contribution in [0.1, 0.15) is 59.8 Å². The minimum absolute atomic E-state index is 0.0674. The maximum atomic E-state index is 9.82. The van der Waals surface area contributed by atoms with Gasteiger partial charge in [0.05, 0.1) is 6.61 Å². The van der Waals surface area contributed by atoms with E-state index < -0.39 is 0 Å². The molecule has 0 heterocycles. The summed E-state index contributed by atoms with van der Waals surface area (Å²) in [6, 6.07) is 0.834. The van der Waals surface area contributed by atoms with Crippen molar-refractivity contribution in [2.75, 3.05) is 13.2 Å². The van der Waals surface area contributed by atoms with Crippen LogP contribution in [-0.4, -0.2) is 41.3 Å². The smallest absolute Gasteiger partial charge is 0.0602 e. The Morgan fingerprint density at radius 1 is 1.16 bits per heavy atom. The van der Waals surface area contributed by atoms with Gasteiger partial charge in [0.2, 0.25) is 0 Å². The van der Waals surface area contributed by atoms with Crippen LogP contribution in [0.25, 0.3) is 0 Å². The molecular formula is C16H34N2O. The minimum atomic E-state index is 0.0674. The van der Waals surface area contributed by atoms with Crippen LogP contribution in [0.4, 0.5) is 0 Å². The lowest BCUT2D eigenvalue weighted by atomic mass is 9.94. The first-order valence-corrected chi connectivity index (χ1v) is 8.09. The van der Waals surface area contributed by atoms with Crippen molar-refractivity contribution in [3.05, 3.63) is 0 Å². The van der Waals surface area contributed by atoms with Crippen LogP contribution in [0.15, 0.2) is 0 Å². The number of hydrogen-bond donors (Lipinski definition) is 2. The average molecular weight is 270 g/mol. The van der Waals surface area contributed by atoms with Crippen molar-refractivity contribution in [1.29, 1.82) is 0 Å². The molecular weight excluding hydrogens is 236 g/mol. The van der Waals surface area contributed by atoms with Gasteiger partial charge in [-0.25, -0.2) is 0 Å². The predicted octanol–water partition coefficient (Wildman–Crippen LogP) is 2.62. The van der Waals surface area contributed by atoms with Gasteiger partial charge in [-0.3, -0.25) is 4.90 Å². The molecule has 1 fully saturated rings. The molecule has 0 aromatic heterocycles. The quantitative estimate of drug-likeness (QED) is 0.713. The van der Waals surface area contributed by atoms with Crippen LogP contribution >= 0.6 is 0 Å². The third-order valence-electron chi connectivity index (χ3n) is 4.59. The number of aliphatic hydroxyl groups is 1. The van der Waals surface area contributed by atoms with Gasteiger partial charge in [-0.05, 0) is 37.6 Å². The predicted molar refractivity (Wildman–Crippen MR) is 82.1 cm³/mol. The van der Waals surface area contributed by atoms with Crippen LogP contribution in [-0.2, 0) is 0 Å². The molecule has 2 unspecified atom stereocenters. The van der Waals surface area contributed by atoms with Gasteiger partial charge in [-0.1, -0.05) is 40.5 Å². The average Bonchev–Trinajstić information content (AvgIpc) is 2.86. The monoisotopic (exact) mass is 270 g/mol. The summed E-state index contributed by atoms with van der Waals surface area (Å²) in [5, 5.41) is 9.82. The highest BCUT2D eigenvalue weighted by molar-refractivity contribution is 4.89. The molecule has 3 N–H and O–H groups in total. The molecule has 1 aliphatic rings. The minimum Gasteiger partial charge on any atom is -0.395 e. The zero-order chi connectivity index (χ0) is 14.4. The molecule has 0 amide bonds. The number of aliphatic hydroxyl groups excluding tert-OH is 1. The largest absolute Gasteiger partial charge is 0.395 e. The zero-order valence-electron chi connectivity index (χ0n) is 13.3. The van der Waals surface area contributed by atoms with Gasteiger partial charge >= 0.3 is 0 Å². The third kappa shape index (κ3) is 5.05. The summed E-state index contributed by atoms with van der Waals surface area (Å²) in [4.78, 5) is 2.53. The molecule has 3 heteroatoms. The summed E-state index contributed by atoms with van der Waals surface area (Å²) < 4.78 is 0. The topological polar surface area (TPSA) is 49.5 Å². The van der Waals surface area contributed by atoms with Crippen LogP contribution < -0.4 is 5.73 Å². The summed E-state index contributed by atoms with van der Waals surface area (Å²) in [5.74, 6) is 1.12.